The van der Waals surface area contributed by atoms with Gasteiger partial charge in [0.25, 0.3) is 0 Å². The number of methoxy groups -OCH3 is 1. The van der Waals surface area contributed by atoms with E-state index in [2.05, 4.69) is 16.1 Å². The topological polar surface area (TPSA) is 62.1 Å². The zero-order chi connectivity index (χ0) is 14.4. The summed E-state index contributed by atoms with van der Waals surface area (Å²) in [7, 11) is 1.34. The molecule has 1 aromatic carbocycles. The first-order valence-electron chi connectivity index (χ1n) is 5.82. The first-order chi connectivity index (χ1) is 9.74. The molecular formula is C15H12N2O2S. The molecule has 20 heavy (non-hydrogen) atoms. The Morgan fingerprint density at radius 2 is 2.05 bits per heavy atom. The van der Waals surface area contributed by atoms with Gasteiger partial charge in [0.05, 0.1) is 18.2 Å². The summed E-state index contributed by atoms with van der Waals surface area (Å²) in [4.78, 5) is 11.3. The Balaban J connectivity index is 2.11. The molecule has 0 aliphatic rings. The highest BCUT2D eigenvalue weighted by Crippen LogP contribution is 2.18. The predicted octanol–water partition coefficient (Wildman–Crippen LogP) is 3.51. The maximum atomic E-state index is 11.3. The Bertz CT molecular complexity index is 652. The molecule has 0 bridgehead atoms. The standard InChI is InChI=1S/C15H12N2O2S/c1-19-15(18)11-2-4-14(5-3-11)17-9-13(8-16)12-6-7-20-10-12/h2-7,9-10,17H,1H3. The number of nitrogens with zero attached hydrogens (tertiary/aromatic N) is 1. The lowest BCUT2D eigenvalue weighted by atomic mass is 10.1. The number of thiophene rings is 1. The molecule has 0 aliphatic heterocycles. The molecule has 0 radical (unpaired) electrons. The van der Waals surface area contributed by atoms with E-state index in [1.165, 1.54) is 7.11 Å². The smallest absolute Gasteiger partial charge is 0.337 e. The number of carbonyl (C=O) groups is 1. The van der Waals surface area contributed by atoms with Gasteiger partial charge >= 0.3 is 5.97 Å². The molecule has 0 saturated carbocycles. The third-order valence-electron chi connectivity index (χ3n) is 2.64. The van der Waals surface area contributed by atoms with E-state index in [9.17, 15) is 4.79 Å². The van der Waals surface area contributed by atoms with Crippen molar-refractivity contribution in [3.63, 3.8) is 0 Å². The van der Waals surface area contributed by atoms with Gasteiger partial charge < -0.3 is 10.1 Å². The van der Waals surface area contributed by atoms with Crippen molar-refractivity contribution >= 4 is 28.6 Å². The van der Waals surface area contributed by atoms with Gasteiger partial charge in [-0.15, -0.1) is 0 Å². The van der Waals surface area contributed by atoms with Crippen molar-refractivity contribution in [1.29, 1.82) is 5.26 Å². The van der Waals surface area contributed by atoms with Crippen molar-refractivity contribution in [3.05, 3.63) is 58.4 Å². The van der Waals surface area contributed by atoms with E-state index in [4.69, 9.17) is 5.26 Å². The minimum absolute atomic E-state index is 0.372. The lowest BCUT2D eigenvalue weighted by Crippen LogP contribution is -2.00. The number of hydrogen-bond donors (Lipinski definition) is 1. The van der Waals surface area contributed by atoms with Crippen LogP contribution in [0, 0.1) is 11.3 Å². The Morgan fingerprint density at radius 1 is 1.30 bits per heavy atom. The monoisotopic (exact) mass is 284 g/mol. The van der Waals surface area contributed by atoms with Crippen LogP contribution in [-0.2, 0) is 4.74 Å². The summed E-state index contributed by atoms with van der Waals surface area (Å²) < 4.78 is 4.63. The van der Waals surface area contributed by atoms with Crippen LogP contribution in [0.5, 0.6) is 0 Å². The summed E-state index contributed by atoms with van der Waals surface area (Å²) in [5.41, 5.74) is 2.72. The number of allylic oxidation sites excluding steroid dienone is 1. The average Bonchev–Trinajstić information content (AvgIpc) is 3.02. The van der Waals surface area contributed by atoms with Gasteiger partial charge in [-0.2, -0.15) is 16.6 Å². The fraction of sp³-hybridized carbons (Fsp3) is 0.0667. The Kier molecular flexibility index (Phi) is 4.53. The van der Waals surface area contributed by atoms with E-state index in [0.29, 0.717) is 11.1 Å². The SMILES string of the molecule is COC(=O)c1ccc(NC=C(C#N)c2ccsc2)cc1. The molecule has 2 rings (SSSR count). The third kappa shape index (κ3) is 3.25. The van der Waals surface area contributed by atoms with Crippen molar-refractivity contribution in [2.24, 2.45) is 0 Å². The normalized spacial score (nSPS) is 10.7. The molecule has 100 valence electrons. The maximum absolute atomic E-state index is 11.3. The van der Waals surface area contributed by atoms with Crippen molar-refractivity contribution in [1.82, 2.24) is 0 Å². The molecule has 0 saturated heterocycles. The number of ether oxygens (including phenoxy) is 1. The first kappa shape index (κ1) is 13.8. The van der Waals surface area contributed by atoms with Crippen LogP contribution >= 0.6 is 11.3 Å². The molecule has 0 atom stereocenters. The van der Waals surface area contributed by atoms with Crippen LogP contribution in [0.3, 0.4) is 0 Å². The van der Waals surface area contributed by atoms with E-state index in [0.717, 1.165) is 11.3 Å². The van der Waals surface area contributed by atoms with Crippen molar-refractivity contribution < 1.29 is 9.53 Å². The number of benzene rings is 1. The minimum atomic E-state index is -0.372. The van der Waals surface area contributed by atoms with E-state index in [-0.39, 0.29) is 5.97 Å². The molecule has 4 nitrogen and oxygen atoms in total. The Morgan fingerprint density at radius 3 is 2.60 bits per heavy atom. The van der Waals surface area contributed by atoms with Crippen molar-refractivity contribution in [2.75, 3.05) is 12.4 Å². The zero-order valence-electron chi connectivity index (χ0n) is 10.8. The van der Waals surface area contributed by atoms with E-state index in [1.54, 1.807) is 41.8 Å². The fourth-order valence-corrected chi connectivity index (χ4v) is 2.23. The van der Waals surface area contributed by atoms with Crippen LogP contribution in [0.15, 0.2) is 47.3 Å². The second-order valence-corrected chi connectivity index (χ2v) is 4.68. The second-order valence-electron chi connectivity index (χ2n) is 3.90. The number of rotatable bonds is 4. The quantitative estimate of drug-likeness (QED) is 0.689. The van der Waals surface area contributed by atoms with Gasteiger partial charge in [-0.3, -0.25) is 0 Å². The number of hydrogen-bond acceptors (Lipinski definition) is 5. The molecule has 0 amide bonds. The molecule has 0 fully saturated rings. The Hall–Kier alpha value is -2.58. The minimum Gasteiger partial charge on any atom is -0.465 e. The summed E-state index contributed by atoms with van der Waals surface area (Å²) in [6.45, 7) is 0. The highest BCUT2D eigenvalue weighted by Gasteiger charge is 2.04. The molecule has 2 aromatic rings. The number of anilines is 1. The molecule has 1 aromatic heterocycles. The summed E-state index contributed by atoms with van der Waals surface area (Å²) >= 11 is 1.54. The summed E-state index contributed by atoms with van der Waals surface area (Å²) in [6.07, 6.45) is 1.65. The molecule has 1 N–H and O–H groups in total. The number of esters is 1. The van der Waals surface area contributed by atoms with Crippen LogP contribution in [0.4, 0.5) is 5.69 Å². The fourth-order valence-electron chi connectivity index (χ4n) is 1.57. The number of nitrogens with one attached hydrogen (secondary N) is 1. The summed E-state index contributed by atoms with van der Waals surface area (Å²) in [5.74, 6) is -0.372. The lowest BCUT2D eigenvalue weighted by molar-refractivity contribution is 0.0601. The van der Waals surface area contributed by atoms with E-state index < -0.39 is 0 Å². The van der Waals surface area contributed by atoms with Crippen molar-refractivity contribution in [2.45, 2.75) is 0 Å². The molecule has 1 heterocycles. The van der Waals surface area contributed by atoms with Gasteiger partial charge in [-0.05, 0) is 41.1 Å². The first-order valence-corrected chi connectivity index (χ1v) is 6.76. The number of carbonyl (C=O) groups excluding carboxylic acids is 1. The van der Waals surface area contributed by atoms with Gasteiger partial charge in [-0.25, -0.2) is 4.79 Å². The average molecular weight is 284 g/mol. The van der Waals surface area contributed by atoms with Crippen molar-refractivity contribution in [3.8, 4) is 6.07 Å². The van der Waals surface area contributed by atoms with Gasteiger partial charge in [0, 0.05) is 17.5 Å². The van der Waals surface area contributed by atoms with Crippen LogP contribution in [0.1, 0.15) is 15.9 Å². The lowest BCUT2D eigenvalue weighted by Gasteiger charge is -2.03. The molecule has 0 spiro atoms. The molecule has 0 unspecified atom stereocenters. The summed E-state index contributed by atoms with van der Waals surface area (Å²) in [5, 5.41) is 16.0. The van der Waals surface area contributed by atoms with Crippen LogP contribution in [0.2, 0.25) is 0 Å². The molecular weight excluding hydrogens is 272 g/mol. The highest BCUT2D eigenvalue weighted by molar-refractivity contribution is 7.08. The largest absolute Gasteiger partial charge is 0.465 e. The molecule has 5 heteroatoms. The van der Waals surface area contributed by atoms with Crippen LogP contribution in [-0.4, -0.2) is 13.1 Å². The zero-order valence-corrected chi connectivity index (χ0v) is 11.6. The van der Waals surface area contributed by atoms with Gasteiger partial charge in [0.15, 0.2) is 0 Å². The van der Waals surface area contributed by atoms with Gasteiger partial charge in [0.2, 0.25) is 0 Å². The van der Waals surface area contributed by atoms with E-state index in [1.807, 2.05) is 16.8 Å². The van der Waals surface area contributed by atoms with Gasteiger partial charge in [0.1, 0.15) is 6.07 Å². The third-order valence-corrected chi connectivity index (χ3v) is 3.33. The molecule has 0 aliphatic carbocycles. The Labute approximate surface area is 120 Å². The maximum Gasteiger partial charge on any atom is 0.337 e. The second kappa shape index (κ2) is 6.55. The highest BCUT2D eigenvalue weighted by atomic mass is 32.1. The number of nitriles is 1. The predicted molar refractivity (Wildman–Crippen MR) is 79.3 cm³/mol. The van der Waals surface area contributed by atoms with E-state index >= 15 is 0 Å². The van der Waals surface area contributed by atoms with Crippen LogP contribution in [0.25, 0.3) is 5.57 Å². The van der Waals surface area contributed by atoms with Crippen LogP contribution < -0.4 is 5.32 Å². The summed E-state index contributed by atoms with van der Waals surface area (Å²) in [6, 6.07) is 10.9. The van der Waals surface area contributed by atoms with Gasteiger partial charge in [-0.1, -0.05) is 0 Å².